The smallest absolute Gasteiger partial charge is 0.326 e. The lowest BCUT2D eigenvalue weighted by atomic mass is 10.1. The standard InChI is InChI=1S/C12H20N4O3/c1-8(2)10(11(17)18)15-12(19)14-5-4-9-13-6-7-16(9)3/h6-8,10H,4-5H2,1-3H3,(H,17,18)(H2,14,15,19)/t10-/m0/s1. The third kappa shape index (κ3) is 4.61. The predicted molar refractivity (Wildman–Crippen MR) is 69.7 cm³/mol. The molecule has 2 amide bonds. The normalized spacial score (nSPS) is 12.2. The number of nitrogens with zero attached hydrogens (tertiary/aromatic N) is 2. The van der Waals surface area contributed by atoms with Crippen molar-refractivity contribution in [2.45, 2.75) is 26.3 Å². The molecule has 1 aromatic rings. The van der Waals surface area contributed by atoms with Crippen molar-refractivity contribution in [3.8, 4) is 0 Å². The highest BCUT2D eigenvalue weighted by Crippen LogP contribution is 2.01. The lowest BCUT2D eigenvalue weighted by Gasteiger charge is -2.18. The largest absolute Gasteiger partial charge is 0.480 e. The Morgan fingerprint density at radius 1 is 1.47 bits per heavy atom. The van der Waals surface area contributed by atoms with Gasteiger partial charge >= 0.3 is 12.0 Å². The molecule has 1 heterocycles. The van der Waals surface area contributed by atoms with Gasteiger partial charge in [0.05, 0.1) is 0 Å². The maximum atomic E-state index is 11.6. The minimum absolute atomic E-state index is 0.169. The maximum absolute atomic E-state index is 11.6. The minimum atomic E-state index is -1.03. The summed E-state index contributed by atoms with van der Waals surface area (Å²) in [6.07, 6.45) is 4.11. The van der Waals surface area contributed by atoms with Gasteiger partial charge in [-0.25, -0.2) is 14.6 Å². The van der Waals surface area contributed by atoms with Gasteiger partial charge in [-0.2, -0.15) is 0 Å². The number of nitrogens with one attached hydrogen (secondary N) is 2. The number of carboxylic acids is 1. The van der Waals surface area contributed by atoms with Gasteiger partial charge in [-0.1, -0.05) is 13.8 Å². The summed E-state index contributed by atoms with van der Waals surface area (Å²) in [5.74, 6) is -0.342. The second kappa shape index (κ2) is 6.77. The first-order valence-corrected chi connectivity index (χ1v) is 6.15. The molecule has 3 N–H and O–H groups in total. The molecule has 0 unspecified atom stereocenters. The Morgan fingerprint density at radius 3 is 2.63 bits per heavy atom. The van der Waals surface area contributed by atoms with E-state index in [1.54, 1.807) is 20.0 Å². The van der Waals surface area contributed by atoms with Crippen LogP contribution in [0.2, 0.25) is 0 Å². The number of rotatable bonds is 6. The number of hydrogen-bond acceptors (Lipinski definition) is 3. The molecule has 0 saturated heterocycles. The van der Waals surface area contributed by atoms with Crippen LogP contribution in [0.3, 0.4) is 0 Å². The molecule has 0 saturated carbocycles. The summed E-state index contributed by atoms with van der Waals surface area (Å²) in [7, 11) is 1.88. The Labute approximate surface area is 112 Å². The molecule has 1 atom stereocenters. The maximum Gasteiger partial charge on any atom is 0.326 e. The lowest BCUT2D eigenvalue weighted by molar-refractivity contribution is -0.140. The van der Waals surface area contributed by atoms with Gasteiger partial charge in [0.15, 0.2) is 0 Å². The number of amides is 2. The van der Waals surface area contributed by atoms with E-state index >= 15 is 0 Å². The predicted octanol–water partition coefficient (Wildman–Crippen LogP) is 0.371. The van der Waals surface area contributed by atoms with Crippen LogP contribution in [0.4, 0.5) is 4.79 Å². The summed E-state index contributed by atoms with van der Waals surface area (Å²) in [6, 6.07) is -1.36. The Balaban J connectivity index is 2.35. The van der Waals surface area contributed by atoms with Crippen LogP contribution >= 0.6 is 0 Å². The molecule has 0 aliphatic carbocycles. The number of urea groups is 1. The Morgan fingerprint density at radius 2 is 2.16 bits per heavy atom. The van der Waals surface area contributed by atoms with Gasteiger partial charge in [0.2, 0.25) is 0 Å². The molecular formula is C12H20N4O3. The van der Waals surface area contributed by atoms with Crippen molar-refractivity contribution < 1.29 is 14.7 Å². The summed E-state index contributed by atoms with van der Waals surface area (Å²) >= 11 is 0. The second-order valence-corrected chi connectivity index (χ2v) is 4.66. The summed E-state index contributed by atoms with van der Waals surface area (Å²) in [4.78, 5) is 26.6. The number of aryl methyl sites for hydroxylation is 1. The van der Waals surface area contributed by atoms with Crippen molar-refractivity contribution in [1.29, 1.82) is 0 Å². The lowest BCUT2D eigenvalue weighted by Crippen LogP contribution is -2.49. The van der Waals surface area contributed by atoms with Crippen LogP contribution in [0.25, 0.3) is 0 Å². The molecular weight excluding hydrogens is 248 g/mol. The number of carbonyl (C=O) groups is 2. The topological polar surface area (TPSA) is 96.3 Å². The monoisotopic (exact) mass is 268 g/mol. The summed E-state index contributed by atoms with van der Waals surface area (Å²) in [5.41, 5.74) is 0. The average Bonchev–Trinajstić information content (AvgIpc) is 2.71. The highest BCUT2D eigenvalue weighted by Gasteiger charge is 2.23. The van der Waals surface area contributed by atoms with E-state index in [1.807, 2.05) is 17.8 Å². The molecule has 7 heteroatoms. The van der Waals surface area contributed by atoms with Gasteiger partial charge < -0.3 is 20.3 Å². The van der Waals surface area contributed by atoms with E-state index < -0.39 is 18.0 Å². The highest BCUT2D eigenvalue weighted by molar-refractivity contribution is 5.82. The van der Waals surface area contributed by atoms with Crippen LogP contribution < -0.4 is 10.6 Å². The van der Waals surface area contributed by atoms with Gasteiger partial charge in [-0.05, 0) is 5.92 Å². The van der Waals surface area contributed by atoms with Crippen molar-refractivity contribution in [3.63, 3.8) is 0 Å². The fourth-order valence-corrected chi connectivity index (χ4v) is 1.63. The Kier molecular flexibility index (Phi) is 5.35. The van der Waals surface area contributed by atoms with E-state index in [-0.39, 0.29) is 5.92 Å². The van der Waals surface area contributed by atoms with Crippen molar-refractivity contribution in [2.75, 3.05) is 6.54 Å². The van der Waals surface area contributed by atoms with Crippen molar-refractivity contribution in [1.82, 2.24) is 20.2 Å². The van der Waals surface area contributed by atoms with Crippen LogP contribution in [0, 0.1) is 5.92 Å². The molecule has 19 heavy (non-hydrogen) atoms. The first-order chi connectivity index (χ1) is 8.91. The molecule has 7 nitrogen and oxygen atoms in total. The molecule has 1 aromatic heterocycles. The Bertz CT molecular complexity index is 442. The molecule has 0 aliphatic rings. The van der Waals surface area contributed by atoms with E-state index in [0.29, 0.717) is 13.0 Å². The summed E-state index contributed by atoms with van der Waals surface area (Å²) in [6.45, 7) is 3.89. The van der Waals surface area contributed by atoms with Gasteiger partial charge in [0, 0.05) is 32.4 Å². The van der Waals surface area contributed by atoms with Crippen molar-refractivity contribution in [2.24, 2.45) is 13.0 Å². The highest BCUT2D eigenvalue weighted by atomic mass is 16.4. The number of carboxylic acid groups (broad SMARTS) is 1. The first-order valence-electron chi connectivity index (χ1n) is 6.15. The molecule has 0 aromatic carbocycles. The zero-order valence-corrected chi connectivity index (χ0v) is 11.4. The number of hydrogen-bond donors (Lipinski definition) is 3. The van der Waals surface area contributed by atoms with Gasteiger partial charge in [0.1, 0.15) is 11.9 Å². The van der Waals surface area contributed by atoms with Gasteiger partial charge in [-0.15, -0.1) is 0 Å². The van der Waals surface area contributed by atoms with Crippen LogP contribution in [0.1, 0.15) is 19.7 Å². The number of aromatic nitrogens is 2. The molecule has 106 valence electrons. The fraction of sp³-hybridized carbons (Fsp3) is 0.583. The second-order valence-electron chi connectivity index (χ2n) is 4.66. The van der Waals surface area contributed by atoms with Crippen LogP contribution in [-0.4, -0.2) is 39.2 Å². The van der Waals surface area contributed by atoms with Gasteiger partial charge in [0.25, 0.3) is 0 Å². The summed E-state index contributed by atoms with van der Waals surface area (Å²) in [5, 5.41) is 14.0. The number of imidazole rings is 1. The minimum Gasteiger partial charge on any atom is -0.480 e. The number of carbonyl (C=O) groups excluding carboxylic acids is 1. The fourth-order valence-electron chi connectivity index (χ4n) is 1.63. The van der Waals surface area contributed by atoms with E-state index in [9.17, 15) is 9.59 Å². The molecule has 0 radical (unpaired) electrons. The van der Waals surface area contributed by atoms with E-state index in [4.69, 9.17) is 5.11 Å². The van der Waals surface area contributed by atoms with E-state index in [1.165, 1.54) is 0 Å². The SMILES string of the molecule is CC(C)[C@H](NC(=O)NCCc1nccn1C)C(=O)O. The van der Waals surface area contributed by atoms with E-state index in [0.717, 1.165) is 5.82 Å². The van der Waals surface area contributed by atoms with Crippen LogP contribution in [-0.2, 0) is 18.3 Å². The molecule has 1 rings (SSSR count). The molecule has 0 bridgehead atoms. The van der Waals surface area contributed by atoms with E-state index in [2.05, 4.69) is 15.6 Å². The molecule has 0 spiro atoms. The quantitative estimate of drug-likeness (QED) is 0.694. The average molecular weight is 268 g/mol. The first kappa shape index (κ1) is 15.0. The van der Waals surface area contributed by atoms with Crippen LogP contribution in [0.15, 0.2) is 12.4 Å². The zero-order chi connectivity index (χ0) is 14.4. The van der Waals surface area contributed by atoms with Gasteiger partial charge in [-0.3, -0.25) is 0 Å². The Hall–Kier alpha value is -2.05. The van der Waals surface area contributed by atoms with Crippen molar-refractivity contribution in [3.05, 3.63) is 18.2 Å². The molecule has 0 fully saturated rings. The summed E-state index contributed by atoms with van der Waals surface area (Å²) < 4.78 is 1.87. The molecule has 0 aliphatic heterocycles. The van der Waals surface area contributed by atoms with Crippen molar-refractivity contribution >= 4 is 12.0 Å². The van der Waals surface area contributed by atoms with Crippen LogP contribution in [0.5, 0.6) is 0 Å². The number of aliphatic carboxylic acids is 1. The third-order valence-electron chi connectivity index (χ3n) is 2.77. The third-order valence-corrected chi connectivity index (χ3v) is 2.77. The zero-order valence-electron chi connectivity index (χ0n) is 11.4.